The van der Waals surface area contributed by atoms with Gasteiger partial charge in [-0.1, -0.05) is 6.07 Å². The Labute approximate surface area is 124 Å². The number of carbonyl (C=O) groups excluding carboxylic acids is 1. The van der Waals surface area contributed by atoms with Crippen molar-refractivity contribution in [2.24, 2.45) is 0 Å². The molecule has 1 heterocycles. The van der Waals surface area contributed by atoms with E-state index in [0.29, 0.717) is 15.8 Å². The van der Waals surface area contributed by atoms with Gasteiger partial charge in [-0.3, -0.25) is 9.59 Å². The molecule has 0 fully saturated rings. The van der Waals surface area contributed by atoms with Crippen molar-refractivity contribution in [3.05, 3.63) is 56.9 Å². The number of nitrogens with one attached hydrogen (secondary N) is 1. The fourth-order valence-corrected chi connectivity index (χ4v) is 2.15. The van der Waals surface area contributed by atoms with E-state index in [1.54, 1.807) is 36.5 Å². The molecular formula is C14H14BrN3O2. The van der Waals surface area contributed by atoms with E-state index in [2.05, 4.69) is 21.2 Å². The number of nitrogens with zero attached hydrogens (tertiary/aromatic N) is 1. The van der Waals surface area contributed by atoms with Crippen molar-refractivity contribution in [1.29, 1.82) is 0 Å². The molecule has 20 heavy (non-hydrogen) atoms. The van der Waals surface area contributed by atoms with Gasteiger partial charge in [-0.15, -0.1) is 0 Å². The molecule has 6 heteroatoms. The summed E-state index contributed by atoms with van der Waals surface area (Å²) < 4.78 is 1.76. The maximum atomic E-state index is 12.0. The zero-order valence-corrected chi connectivity index (χ0v) is 12.5. The average Bonchev–Trinajstić information content (AvgIpc) is 2.40. The molecule has 1 amide bonds. The highest BCUT2D eigenvalue weighted by atomic mass is 79.9. The third-order valence-electron chi connectivity index (χ3n) is 2.94. The summed E-state index contributed by atoms with van der Waals surface area (Å²) in [7, 11) is 0. The highest BCUT2D eigenvalue weighted by Crippen LogP contribution is 2.20. The van der Waals surface area contributed by atoms with Crippen molar-refractivity contribution in [1.82, 2.24) is 4.57 Å². The summed E-state index contributed by atoms with van der Waals surface area (Å²) >= 11 is 3.14. The Morgan fingerprint density at radius 2 is 2.10 bits per heavy atom. The highest BCUT2D eigenvalue weighted by Gasteiger charge is 2.08. The molecule has 0 spiro atoms. The maximum absolute atomic E-state index is 12.0. The Hall–Kier alpha value is -2.08. The lowest BCUT2D eigenvalue weighted by Gasteiger charge is -2.11. The normalized spacial score (nSPS) is 10.3. The number of hydrogen-bond acceptors (Lipinski definition) is 3. The standard InChI is InChI=1S/C14H14BrN3O2/c1-9-11(16)5-2-6-12(9)17-13(19)8-18-7-3-4-10(15)14(18)20/h2-7H,8,16H2,1H3,(H,17,19). The van der Waals surface area contributed by atoms with Gasteiger partial charge in [-0.05, 0) is 52.7 Å². The zero-order chi connectivity index (χ0) is 14.7. The van der Waals surface area contributed by atoms with E-state index in [-0.39, 0.29) is 18.0 Å². The Morgan fingerprint density at radius 3 is 2.85 bits per heavy atom. The van der Waals surface area contributed by atoms with E-state index in [1.165, 1.54) is 4.57 Å². The Balaban J connectivity index is 2.15. The van der Waals surface area contributed by atoms with Crippen LogP contribution in [0.15, 0.2) is 45.8 Å². The molecule has 0 aliphatic rings. The number of carbonyl (C=O) groups is 1. The number of nitrogen functional groups attached to an aromatic ring is 1. The van der Waals surface area contributed by atoms with Crippen LogP contribution in [0.5, 0.6) is 0 Å². The summed E-state index contributed by atoms with van der Waals surface area (Å²) in [6.45, 7) is 1.78. The third-order valence-corrected chi connectivity index (χ3v) is 3.54. The third kappa shape index (κ3) is 3.08. The van der Waals surface area contributed by atoms with Gasteiger partial charge in [0, 0.05) is 17.6 Å². The lowest BCUT2D eigenvalue weighted by atomic mass is 10.1. The maximum Gasteiger partial charge on any atom is 0.265 e. The van der Waals surface area contributed by atoms with Crippen molar-refractivity contribution in [2.45, 2.75) is 13.5 Å². The SMILES string of the molecule is Cc1c(N)cccc1NC(=O)Cn1cccc(Br)c1=O. The molecule has 0 atom stereocenters. The first-order valence-corrected chi connectivity index (χ1v) is 6.78. The van der Waals surface area contributed by atoms with E-state index in [1.807, 2.05) is 6.92 Å². The van der Waals surface area contributed by atoms with E-state index in [4.69, 9.17) is 5.73 Å². The molecule has 3 N–H and O–H groups in total. The van der Waals surface area contributed by atoms with Crippen LogP contribution in [-0.4, -0.2) is 10.5 Å². The van der Waals surface area contributed by atoms with Crippen LogP contribution in [0.1, 0.15) is 5.56 Å². The number of rotatable bonds is 3. The molecule has 0 saturated carbocycles. The molecular weight excluding hydrogens is 322 g/mol. The van der Waals surface area contributed by atoms with E-state index in [9.17, 15) is 9.59 Å². The van der Waals surface area contributed by atoms with E-state index < -0.39 is 0 Å². The molecule has 0 bridgehead atoms. The minimum atomic E-state index is -0.279. The van der Waals surface area contributed by atoms with Crippen LogP contribution < -0.4 is 16.6 Å². The summed E-state index contributed by atoms with van der Waals surface area (Å²) in [5.74, 6) is -0.279. The number of hydrogen-bond donors (Lipinski definition) is 2. The van der Waals surface area contributed by atoms with E-state index in [0.717, 1.165) is 5.56 Å². The predicted octanol–water partition coefficient (Wildman–Crippen LogP) is 2.14. The first-order valence-electron chi connectivity index (χ1n) is 5.99. The molecule has 0 radical (unpaired) electrons. The number of halogens is 1. The molecule has 0 unspecified atom stereocenters. The molecule has 0 aliphatic carbocycles. The number of amides is 1. The van der Waals surface area contributed by atoms with Crippen LogP contribution >= 0.6 is 15.9 Å². The number of nitrogens with two attached hydrogens (primary N) is 1. The lowest BCUT2D eigenvalue weighted by molar-refractivity contribution is -0.116. The van der Waals surface area contributed by atoms with Crippen LogP contribution in [0.4, 0.5) is 11.4 Å². The predicted molar refractivity (Wildman–Crippen MR) is 82.6 cm³/mol. The molecule has 5 nitrogen and oxygen atoms in total. The summed E-state index contributed by atoms with van der Waals surface area (Å²) in [6.07, 6.45) is 1.57. The van der Waals surface area contributed by atoms with Crippen LogP contribution in [0.2, 0.25) is 0 Å². The van der Waals surface area contributed by atoms with E-state index >= 15 is 0 Å². The second-order valence-corrected chi connectivity index (χ2v) is 5.21. The number of pyridine rings is 1. The topological polar surface area (TPSA) is 77.1 Å². The Morgan fingerprint density at radius 1 is 1.35 bits per heavy atom. The molecule has 0 aliphatic heterocycles. The van der Waals surface area contributed by atoms with Crippen molar-refractivity contribution in [2.75, 3.05) is 11.1 Å². The van der Waals surface area contributed by atoms with Gasteiger partial charge < -0.3 is 15.6 Å². The molecule has 104 valence electrons. The largest absolute Gasteiger partial charge is 0.398 e. The molecule has 0 saturated heterocycles. The fraction of sp³-hybridized carbons (Fsp3) is 0.143. The van der Waals surface area contributed by atoms with Gasteiger partial charge >= 0.3 is 0 Å². The van der Waals surface area contributed by atoms with Crippen LogP contribution in [0.3, 0.4) is 0 Å². The van der Waals surface area contributed by atoms with Gasteiger partial charge in [0.15, 0.2) is 0 Å². The molecule has 1 aromatic heterocycles. The van der Waals surface area contributed by atoms with Crippen LogP contribution in [-0.2, 0) is 11.3 Å². The second kappa shape index (κ2) is 5.92. The minimum Gasteiger partial charge on any atom is -0.398 e. The smallest absolute Gasteiger partial charge is 0.265 e. The lowest BCUT2D eigenvalue weighted by Crippen LogP contribution is -2.27. The van der Waals surface area contributed by atoms with Gasteiger partial charge in [-0.2, -0.15) is 0 Å². The monoisotopic (exact) mass is 335 g/mol. The van der Waals surface area contributed by atoms with Crippen molar-refractivity contribution < 1.29 is 4.79 Å². The van der Waals surface area contributed by atoms with Gasteiger partial charge in [0.05, 0.1) is 4.47 Å². The Kier molecular flexibility index (Phi) is 4.24. The summed E-state index contributed by atoms with van der Waals surface area (Å²) in [4.78, 5) is 23.8. The van der Waals surface area contributed by atoms with Crippen molar-refractivity contribution >= 4 is 33.2 Å². The fourth-order valence-electron chi connectivity index (χ4n) is 1.77. The quantitative estimate of drug-likeness (QED) is 0.843. The van der Waals surface area contributed by atoms with Crippen molar-refractivity contribution in [3.63, 3.8) is 0 Å². The van der Waals surface area contributed by atoms with Crippen LogP contribution in [0, 0.1) is 6.92 Å². The van der Waals surface area contributed by atoms with Gasteiger partial charge in [0.1, 0.15) is 6.54 Å². The number of anilines is 2. The Bertz CT molecular complexity index is 710. The first kappa shape index (κ1) is 14.3. The summed E-state index contributed by atoms with van der Waals surface area (Å²) in [5, 5.41) is 2.75. The van der Waals surface area contributed by atoms with Gasteiger partial charge in [-0.25, -0.2) is 0 Å². The highest BCUT2D eigenvalue weighted by molar-refractivity contribution is 9.10. The molecule has 1 aromatic carbocycles. The van der Waals surface area contributed by atoms with Gasteiger partial charge in [0.2, 0.25) is 5.91 Å². The minimum absolute atomic E-state index is 0.0491. The van der Waals surface area contributed by atoms with Crippen LogP contribution in [0.25, 0.3) is 0 Å². The van der Waals surface area contributed by atoms with Gasteiger partial charge in [0.25, 0.3) is 5.56 Å². The number of benzene rings is 1. The summed E-state index contributed by atoms with van der Waals surface area (Å²) in [5.41, 5.74) is 7.61. The molecule has 2 aromatic rings. The number of aromatic nitrogens is 1. The summed E-state index contributed by atoms with van der Waals surface area (Å²) in [6, 6.07) is 8.64. The average molecular weight is 336 g/mol. The van der Waals surface area contributed by atoms with Crippen molar-refractivity contribution in [3.8, 4) is 0 Å². The molecule has 2 rings (SSSR count). The zero-order valence-electron chi connectivity index (χ0n) is 10.9. The first-order chi connectivity index (χ1) is 9.49. The second-order valence-electron chi connectivity index (χ2n) is 4.36.